The lowest BCUT2D eigenvalue weighted by Gasteiger charge is -2.34. The Morgan fingerprint density at radius 3 is 2.90 bits per heavy atom. The van der Waals surface area contributed by atoms with E-state index < -0.39 is 0 Å². The van der Waals surface area contributed by atoms with Crippen molar-refractivity contribution in [3.8, 4) is 6.07 Å². The summed E-state index contributed by atoms with van der Waals surface area (Å²) in [7, 11) is 1.65. The van der Waals surface area contributed by atoms with Crippen molar-refractivity contribution in [3.05, 3.63) is 16.1 Å². The number of ether oxygens (including phenoxy) is 1. The fourth-order valence-corrected chi connectivity index (χ4v) is 2.71. The molecule has 0 aromatic heterocycles. The monoisotopic (exact) mass is 299 g/mol. The van der Waals surface area contributed by atoms with Crippen molar-refractivity contribution < 1.29 is 9.53 Å². The minimum Gasteiger partial charge on any atom is -0.377 e. The molecule has 0 saturated carbocycles. The number of hydrogen-bond acceptors (Lipinski definition) is 2. The van der Waals surface area contributed by atoms with E-state index in [9.17, 15) is 4.79 Å². The van der Waals surface area contributed by atoms with E-state index >= 15 is 0 Å². The first-order valence-corrected chi connectivity index (χ1v) is 7.43. The van der Waals surface area contributed by atoms with Crippen LogP contribution in [0.1, 0.15) is 33.6 Å². The van der Waals surface area contributed by atoms with Gasteiger partial charge in [-0.1, -0.05) is 25.6 Å². The molecule has 0 heterocycles. The van der Waals surface area contributed by atoms with Crippen LogP contribution in [0.3, 0.4) is 0 Å². The first kappa shape index (κ1) is 17.0. The fourth-order valence-electron chi connectivity index (χ4n) is 2.64. The molecule has 0 aromatic carbocycles. The molecule has 0 spiro atoms. The Bertz CT molecular complexity index is 447. The van der Waals surface area contributed by atoms with E-state index in [1.807, 2.05) is 0 Å². The largest absolute Gasteiger partial charge is 0.377 e. The minimum atomic E-state index is -0.178. The van der Waals surface area contributed by atoms with Crippen LogP contribution in [0, 0.1) is 17.4 Å². The third kappa shape index (κ3) is 5.15. The summed E-state index contributed by atoms with van der Waals surface area (Å²) >= 11 is 5.58. The van der Waals surface area contributed by atoms with Crippen LogP contribution in [0.15, 0.2) is 11.3 Å². The Labute approximate surface area is 126 Å². The van der Waals surface area contributed by atoms with Gasteiger partial charge in [0.25, 0.3) is 6.54 Å². The van der Waals surface area contributed by atoms with Crippen LogP contribution in [0.2, 0.25) is 0 Å². The van der Waals surface area contributed by atoms with Gasteiger partial charge < -0.3 is 10.1 Å². The summed E-state index contributed by atoms with van der Waals surface area (Å²) in [5.74, 6) is 0.102. The van der Waals surface area contributed by atoms with Crippen LogP contribution in [0.4, 0.5) is 0 Å². The summed E-state index contributed by atoms with van der Waals surface area (Å²) < 4.78 is 4.96. The summed E-state index contributed by atoms with van der Waals surface area (Å²) in [6.45, 7) is 7.70. The third-order valence-corrected chi connectivity index (χ3v) is 3.59. The van der Waals surface area contributed by atoms with Gasteiger partial charge in [-0.25, -0.2) is 0 Å². The highest BCUT2D eigenvalue weighted by molar-refractivity contribution is 6.27. The predicted octanol–water partition coefficient (Wildman–Crippen LogP) is 3.03. The smallest absolute Gasteiger partial charge is 0.308 e. The molecule has 1 atom stereocenters. The molecule has 0 bridgehead atoms. The van der Waals surface area contributed by atoms with Crippen molar-refractivity contribution in [1.82, 2.24) is 5.32 Å². The van der Waals surface area contributed by atoms with Crippen molar-refractivity contribution in [2.75, 3.05) is 26.1 Å². The lowest BCUT2D eigenvalue weighted by molar-refractivity contribution is -0.118. The van der Waals surface area contributed by atoms with Gasteiger partial charge in [-0.05, 0) is 24.2 Å². The maximum atomic E-state index is 11.6. The van der Waals surface area contributed by atoms with Gasteiger partial charge in [0.2, 0.25) is 5.91 Å². The summed E-state index contributed by atoms with van der Waals surface area (Å²) in [5, 5.41) is 2.90. The third-order valence-electron chi connectivity index (χ3n) is 3.35. The number of nitrogens with one attached hydrogen (secondary N) is 1. The molecular weight excluding hydrogens is 276 g/mol. The van der Waals surface area contributed by atoms with Crippen LogP contribution in [-0.2, 0) is 9.53 Å². The highest BCUT2D eigenvalue weighted by atomic mass is 35.5. The average molecular weight is 300 g/mol. The number of alkyl halides is 1. The van der Waals surface area contributed by atoms with Crippen molar-refractivity contribution in [3.63, 3.8) is 0 Å². The second-order valence-electron chi connectivity index (χ2n) is 6.01. The standard InChI is InChI=1S/C15H23ClN2O2/c1-11-7-15(2,3)8-13(18-14(19)9-16)12(11)10-17-5-6-20-4/h11H,5-9H2,1-4H3/p+1. The summed E-state index contributed by atoms with van der Waals surface area (Å²) in [4.78, 5) is 15.8. The van der Waals surface area contributed by atoms with E-state index in [1.54, 1.807) is 7.11 Å². The van der Waals surface area contributed by atoms with E-state index in [0.29, 0.717) is 19.1 Å². The van der Waals surface area contributed by atoms with E-state index in [0.717, 1.165) is 24.1 Å². The molecule has 0 fully saturated rings. The zero-order chi connectivity index (χ0) is 15.2. The maximum Gasteiger partial charge on any atom is 0.308 e. The van der Waals surface area contributed by atoms with E-state index in [4.69, 9.17) is 16.3 Å². The maximum absolute atomic E-state index is 11.6. The van der Waals surface area contributed by atoms with Gasteiger partial charge in [0, 0.05) is 12.8 Å². The van der Waals surface area contributed by atoms with Crippen LogP contribution >= 0.6 is 11.6 Å². The van der Waals surface area contributed by atoms with Crippen molar-refractivity contribution in [2.24, 2.45) is 11.3 Å². The molecule has 0 radical (unpaired) electrons. The molecule has 1 aliphatic carbocycles. The van der Waals surface area contributed by atoms with E-state index in [2.05, 4.69) is 37.0 Å². The number of allylic oxidation sites excluding steroid dienone is 2. The highest BCUT2D eigenvalue weighted by Gasteiger charge is 2.34. The van der Waals surface area contributed by atoms with Gasteiger partial charge >= 0.3 is 6.07 Å². The van der Waals surface area contributed by atoms with Crippen molar-refractivity contribution in [1.29, 1.82) is 0 Å². The summed E-state index contributed by atoms with van der Waals surface area (Å²) in [6, 6.07) is 3.09. The number of carbonyl (C=O) groups excluding carboxylic acids is 1. The van der Waals surface area contributed by atoms with Crippen LogP contribution in [0.5, 0.6) is 0 Å². The van der Waals surface area contributed by atoms with Gasteiger partial charge in [0.05, 0.1) is 0 Å². The molecule has 1 rings (SSSR count). The molecule has 1 unspecified atom stereocenters. The topological polar surface area (TPSA) is 42.7 Å². The quantitative estimate of drug-likeness (QED) is 0.640. The number of carbonyl (C=O) groups is 1. The number of hydrogen-bond donors (Lipinski definition) is 1. The van der Waals surface area contributed by atoms with Gasteiger partial charge in [0.15, 0.2) is 0 Å². The Morgan fingerprint density at radius 2 is 2.30 bits per heavy atom. The summed E-state index contributed by atoms with van der Waals surface area (Å²) in [6.07, 6.45) is 1.86. The lowest BCUT2D eigenvalue weighted by atomic mass is 9.72. The molecule has 1 aliphatic rings. The summed E-state index contributed by atoms with van der Waals surface area (Å²) in [5.41, 5.74) is 2.05. The molecule has 1 N–H and O–H groups in total. The fraction of sp³-hybridized carbons (Fsp3) is 0.733. The van der Waals surface area contributed by atoms with Crippen molar-refractivity contribution >= 4 is 17.5 Å². The second kappa shape index (κ2) is 7.66. The molecule has 1 amide bonds. The number of halogens is 1. The number of amides is 1. The molecule has 20 heavy (non-hydrogen) atoms. The lowest BCUT2D eigenvalue weighted by Crippen LogP contribution is -2.33. The molecule has 0 aliphatic heterocycles. The average Bonchev–Trinajstić information content (AvgIpc) is 2.35. The van der Waals surface area contributed by atoms with E-state index in [-0.39, 0.29) is 17.2 Å². The Morgan fingerprint density at radius 1 is 1.60 bits per heavy atom. The number of methoxy groups -OCH3 is 1. The zero-order valence-corrected chi connectivity index (χ0v) is 13.5. The highest BCUT2D eigenvalue weighted by Crippen LogP contribution is 2.40. The number of nitrogens with zero attached hydrogens (tertiary/aromatic N) is 1. The first-order chi connectivity index (χ1) is 9.39. The zero-order valence-electron chi connectivity index (χ0n) is 12.8. The normalized spacial score (nSPS) is 21.1. The Kier molecular flexibility index (Phi) is 6.51. The van der Waals surface area contributed by atoms with Gasteiger partial charge in [0.1, 0.15) is 18.1 Å². The Balaban J connectivity index is 2.98. The first-order valence-electron chi connectivity index (χ1n) is 6.90. The molecule has 4 nitrogen and oxygen atoms in total. The molecule has 0 saturated heterocycles. The second-order valence-corrected chi connectivity index (χ2v) is 6.27. The van der Waals surface area contributed by atoms with Crippen LogP contribution < -0.4 is 5.32 Å². The van der Waals surface area contributed by atoms with Crippen molar-refractivity contribution in [2.45, 2.75) is 33.6 Å². The molecule has 112 valence electrons. The van der Waals surface area contributed by atoms with Crippen LogP contribution in [0.25, 0.3) is 4.85 Å². The van der Waals surface area contributed by atoms with Crippen LogP contribution in [-0.4, -0.2) is 32.0 Å². The predicted molar refractivity (Wildman–Crippen MR) is 82.1 cm³/mol. The Hall–Kier alpha value is -1.05. The van der Waals surface area contributed by atoms with Gasteiger partial charge in [-0.15, -0.1) is 11.6 Å². The number of rotatable bonds is 4. The van der Waals surface area contributed by atoms with E-state index in [1.165, 1.54) is 0 Å². The molecule has 0 aromatic rings. The van der Waals surface area contributed by atoms with Gasteiger partial charge in [-0.2, -0.15) is 0 Å². The minimum absolute atomic E-state index is 0.0353. The molecular formula is C15H24ClN2O2+. The SMILES string of the molecule is COCC[N+]#CC1=C(NC(=O)CCl)CC(C)(C)CC1C. The van der Waals surface area contributed by atoms with Gasteiger partial charge in [-0.3, -0.25) is 4.79 Å². The molecule has 5 heteroatoms.